The van der Waals surface area contributed by atoms with E-state index in [4.69, 9.17) is 0 Å². The zero-order chi connectivity index (χ0) is 13.8. The van der Waals surface area contributed by atoms with Gasteiger partial charge in [0.1, 0.15) is 5.82 Å². The van der Waals surface area contributed by atoms with Crippen LogP contribution in [0.25, 0.3) is 0 Å². The van der Waals surface area contributed by atoms with Crippen LogP contribution in [-0.4, -0.2) is 28.6 Å². The molecule has 1 aromatic carbocycles. The molecule has 1 saturated heterocycles. The number of likely N-dealkylation sites (tertiary alicyclic amines) is 1. The largest absolute Gasteiger partial charge is 0.337 e. The minimum atomic E-state index is -0.242. The molecule has 1 aliphatic rings. The Bertz CT molecular complexity index is 424. The summed E-state index contributed by atoms with van der Waals surface area (Å²) < 4.78 is 12.8. The van der Waals surface area contributed by atoms with Crippen molar-refractivity contribution in [3.05, 3.63) is 30.1 Å². The zero-order valence-electron chi connectivity index (χ0n) is 11.4. The van der Waals surface area contributed by atoms with Crippen LogP contribution >= 0.6 is 11.8 Å². The van der Waals surface area contributed by atoms with E-state index in [9.17, 15) is 9.18 Å². The third-order valence-electron chi connectivity index (χ3n) is 3.66. The molecule has 0 radical (unpaired) electrons. The van der Waals surface area contributed by atoms with Gasteiger partial charge in [-0.2, -0.15) is 0 Å². The van der Waals surface area contributed by atoms with E-state index in [0.29, 0.717) is 17.8 Å². The van der Waals surface area contributed by atoms with Crippen molar-refractivity contribution >= 4 is 17.7 Å². The number of thioether (sulfide) groups is 1. The van der Waals surface area contributed by atoms with E-state index in [1.807, 2.05) is 4.90 Å². The number of carbonyl (C=O) groups is 1. The van der Waals surface area contributed by atoms with Crippen LogP contribution in [0.1, 0.15) is 33.1 Å². The minimum absolute atomic E-state index is 0.189. The van der Waals surface area contributed by atoms with Crippen molar-refractivity contribution in [2.75, 3.05) is 5.75 Å². The Kier molecular flexibility index (Phi) is 4.86. The predicted molar refractivity (Wildman–Crippen MR) is 76.7 cm³/mol. The molecule has 2 atom stereocenters. The first-order valence-electron chi connectivity index (χ1n) is 6.77. The van der Waals surface area contributed by atoms with Crippen LogP contribution in [0.5, 0.6) is 0 Å². The predicted octanol–water partition coefficient (Wildman–Crippen LogP) is 3.71. The molecule has 2 unspecified atom stereocenters. The Morgan fingerprint density at radius 2 is 1.84 bits per heavy atom. The fourth-order valence-corrected chi connectivity index (χ4v) is 3.43. The molecule has 1 fully saturated rings. The van der Waals surface area contributed by atoms with Gasteiger partial charge in [-0.15, -0.1) is 11.8 Å². The molecule has 4 heteroatoms. The number of hydrogen-bond donors (Lipinski definition) is 0. The summed E-state index contributed by atoms with van der Waals surface area (Å²) in [5, 5.41) is 0. The number of nitrogens with zero attached hydrogens (tertiary/aromatic N) is 1. The standard InChI is InChI=1S/C15H20FNOS/c1-11-4-3-5-12(2)17(11)15(18)10-19-14-8-6-13(16)7-9-14/h6-9,11-12H,3-5,10H2,1-2H3. The van der Waals surface area contributed by atoms with E-state index in [1.54, 1.807) is 12.1 Å². The fraction of sp³-hybridized carbons (Fsp3) is 0.533. The lowest BCUT2D eigenvalue weighted by Gasteiger charge is -2.39. The summed E-state index contributed by atoms with van der Waals surface area (Å²) in [7, 11) is 0. The molecule has 104 valence electrons. The second-order valence-corrected chi connectivity index (χ2v) is 6.22. The normalized spacial score (nSPS) is 23.4. The van der Waals surface area contributed by atoms with Crippen molar-refractivity contribution in [1.29, 1.82) is 0 Å². The molecule has 1 amide bonds. The summed E-state index contributed by atoms with van der Waals surface area (Å²) in [5.74, 6) is 0.378. The third-order valence-corrected chi connectivity index (χ3v) is 4.65. The summed E-state index contributed by atoms with van der Waals surface area (Å²) >= 11 is 1.48. The lowest BCUT2D eigenvalue weighted by atomic mass is 9.98. The van der Waals surface area contributed by atoms with Crippen LogP contribution in [0.4, 0.5) is 4.39 Å². The first kappa shape index (κ1) is 14.4. The molecule has 0 aliphatic carbocycles. The monoisotopic (exact) mass is 281 g/mol. The van der Waals surface area contributed by atoms with Crippen molar-refractivity contribution in [3.8, 4) is 0 Å². The first-order valence-corrected chi connectivity index (χ1v) is 7.76. The highest BCUT2D eigenvalue weighted by Gasteiger charge is 2.28. The summed E-state index contributed by atoms with van der Waals surface area (Å²) in [4.78, 5) is 15.2. The second kappa shape index (κ2) is 6.42. The van der Waals surface area contributed by atoms with E-state index in [2.05, 4.69) is 13.8 Å². The van der Waals surface area contributed by atoms with Crippen molar-refractivity contribution in [2.24, 2.45) is 0 Å². The van der Waals surface area contributed by atoms with Gasteiger partial charge in [0.15, 0.2) is 0 Å². The molecule has 0 N–H and O–H groups in total. The van der Waals surface area contributed by atoms with E-state index < -0.39 is 0 Å². The van der Waals surface area contributed by atoms with Gasteiger partial charge in [-0.1, -0.05) is 0 Å². The molecular weight excluding hydrogens is 261 g/mol. The van der Waals surface area contributed by atoms with E-state index in [-0.39, 0.29) is 11.7 Å². The van der Waals surface area contributed by atoms with Crippen molar-refractivity contribution in [2.45, 2.75) is 50.1 Å². The Morgan fingerprint density at radius 3 is 2.42 bits per heavy atom. The molecule has 0 bridgehead atoms. The highest BCUT2D eigenvalue weighted by Crippen LogP contribution is 2.25. The smallest absolute Gasteiger partial charge is 0.233 e. The van der Waals surface area contributed by atoms with E-state index in [1.165, 1.54) is 30.3 Å². The molecule has 0 spiro atoms. The number of hydrogen-bond acceptors (Lipinski definition) is 2. The maximum Gasteiger partial charge on any atom is 0.233 e. The highest BCUT2D eigenvalue weighted by molar-refractivity contribution is 8.00. The van der Waals surface area contributed by atoms with Crippen molar-refractivity contribution in [1.82, 2.24) is 4.90 Å². The maximum absolute atomic E-state index is 12.8. The van der Waals surface area contributed by atoms with Gasteiger partial charge >= 0.3 is 0 Å². The van der Waals surface area contributed by atoms with Gasteiger partial charge in [-0.3, -0.25) is 4.79 Å². The number of amides is 1. The SMILES string of the molecule is CC1CCCC(C)N1C(=O)CSc1ccc(F)cc1. The third kappa shape index (κ3) is 3.72. The number of rotatable bonds is 3. The molecule has 1 aliphatic heterocycles. The summed E-state index contributed by atoms with van der Waals surface area (Å²) in [5.41, 5.74) is 0. The average molecular weight is 281 g/mol. The molecule has 19 heavy (non-hydrogen) atoms. The number of piperidine rings is 1. The molecule has 0 aromatic heterocycles. The van der Waals surface area contributed by atoms with Crippen LogP contribution in [0.15, 0.2) is 29.2 Å². The van der Waals surface area contributed by atoms with Gasteiger partial charge in [-0.05, 0) is 57.4 Å². The molecule has 1 heterocycles. The Balaban J connectivity index is 1.91. The minimum Gasteiger partial charge on any atom is -0.337 e. The maximum atomic E-state index is 12.8. The van der Waals surface area contributed by atoms with Crippen LogP contribution in [0.2, 0.25) is 0 Å². The van der Waals surface area contributed by atoms with Gasteiger partial charge in [0.25, 0.3) is 0 Å². The molecule has 1 aromatic rings. The van der Waals surface area contributed by atoms with Gasteiger partial charge in [0.2, 0.25) is 5.91 Å². The van der Waals surface area contributed by atoms with Gasteiger partial charge in [0.05, 0.1) is 5.75 Å². The molecule has 2 rings (SSSR count). The van der Waals surface area contributed by atoms with Crippen LogP contribution in [-0.2, 0) is 4.79 Å². The topological polar surface area (TPSA) is 20.3 Å². The van der Waals surface area contributed by atoms with Gasteiger partial charge in [-0.25, -0.2) is 4.39 Å². The lowest BCUT2D eigenvalue weighted by molar-refractivity contribution is -0.134. The van der Waals surface area contributed by atoms with Gasteiger partial charge in [0, 0.05) is 17.0 Å². The average Bonchev–Trinajstić information content (AvgIpc) is 2.38. The first-order chi connectivity index (χ1) is 9.08. The molecule has 0 saturated carbocycles. The second-order valence-electron chi connectivity index (χ2n) is 5.17. The summed E-state index contributed by atoms with van der Waals surface area (Å²) in [6.07, 6.45) is 3.39. The van der Waals surface area contributed by atoms with Crippen molar-refractivity contribution in [3.63, 3.8) is 0 Å². The fourth-order valence-electron chi connectivity index (χ4n) is 2.66. The number of carbonyl (C=O) groups excluding carboxylic acids is 1. The van der Waals surface area contributed by atoms with E-state index >= 15 is 0 Å². The lowest BCUT2D eigenvalue weighted by Crippen LogP contribution is -2.48. The Hall–Kier alpha value is -1.03. The molecular formula is C15H20FNOS. The van der Waals surface area contributed by atoms with Gasteiger partial charge < -0.3 is 4.90 Å². The number of halogens is 1. The Labute approximate surface area is 118 Å². The van der Waals surface area contributed by atoms with Crippen LogP contribution < -0.4 is 0 Å². The van der Waals surface area contributed by atoms with Crippen LogP contribution in [0.3, 0.4) is 0 Å². The zero-order valence-corrected chi connectivity index (χ0v) is 12.3. The Morgan fingerprint density at radius 1 is 1.26 bits per heavy atom. The van der Waals surface area contributed by atoms with Crippen LogP contribution in [0, 0.1) is 5.82 Å². The summed E-state index contributed by atoms with van der Waals surface area (Å²) in [6, 6.07) is 6.97. The quantitative estimate of drug-likeness (QED) is 0.787. The number of benzene rings is 1. The molecule has 2 nitrogen and oxygen atoms in total. The highest BCUT2D eigenvalue weighted by atomic mass is 32.2. The van der Waals surface area contributed by atoms with Crippen molar-refractivity contribution < 1.29 is 9.18 Å². The summed E-state index contributed by atoms with van der Waals surface area (Å²) in [6.45, 7) is 4.24. The van der Waals surface area contributed by atoms with E-state index in [0.717, 1.165) is 17.7 Å².